The summed E-state index contributed by atoms with van der Waals surface area (Å²) in [4.78, 5) is 12.6. The van der Waals surface area contributed by atoms with Crippen LogP contribution in [0.5, 0.6) is 5.75 Å². The summed E-state index contributed by atoms with van der Waals surface area (Å²) in [5.74, 6) is -0.525. The minimum Gasteiger partial charge on any atom is -0.487 e. The highest BCUT2D eigenvalue weighted by Crippen LogP contribution is 2.39. The van der Waals surface area contributed by atoms with Gasteiger partial charge in [-0.15, -0.1) is 0 Å². The molecule has 0 N–H and O–H groups in total. The molecule has 0 saturated carbocycles. The highest BCUT2D eigenvalue weighted by molar-refractivity contribution is 5.61. The molecular weight excluding hydrogens is 371 g/mol. The summed E-state index contributed by atoms with van der Waals surface area (Å²) in [6, 6.07) is 2.50. The molecule has 0 aliphatic carbocycles. The van der Waals surface area contributed by atoms with Crippen LogP contribution in [-0.2, 0) is 14.2 Å². The van der Waals surface area contributed by atoms with Gasteiger partial charge in [0.25, 0.3) is 0 Å². The quantitative estimate of drug-likeness (QED) is 0.379. The molecule has 0 amide bonds. The zero-order chi connectivity index (χ0) is 19.5. The van der Waals surface area contributed by atoms with E-state index in [1.54, 1.807) is 0 Å². The summed E-state index contributed by atoms with van der Waals surface area (Å²) in [5, 5.41) is 11.3. The van der Waals surface area contributed by atoms with Gasteiger partial charge in [-0.05, 0) is 25.7 Å². The van der Waals surface area contributed by atoms with Crippen molar-refractivity contribution in [2.45, 2.75) is 50.5 Å². The number of nitro groups is 1. The normalized spacial score (nSPS) is 26.6. The van der Waals surface area contributed by atoms with Crippen molar-refractivity contribution in [3.05, 3.63) is 28.1 Å². The Bertz CT molecular complexity index is 712. The van der Waals surface area contributed by atoms with E-state index in [9.17, 15) is 14.5 Å². The molecule has 8 nitrogen and oxygen atoms in total. The van der Waals surface area contributed by atoms with E-state index < -0.39 is 10.7 Å². The Kier molecular flexibility index (Phi) is 5.93. The number of anilines is 1. The second kappa shape index (κ2) is 8.59. The topological polar surface area (TPSA) is 83.3 Å². The molecule has 3 heterocycles. The number of nitro benzene ring substituents is 1. The van der Waals surface area contributed by atoms with Gasteiger partial charge in [0.2, 0.25) is 0 Å². The fourth-order valence-electron chi connectivity index (χ4n) is 4.00. The fourth-order valence-corrected chi connectivity index (χ4v) is 4.00. The molecule has 0 spiro atoms. The van der Waals surface area contributed by atoms with E-state index in [4.69, 9.17) is 18.9 Å². The van der Waals surface area contributed by atoms with Crippen molar-refractivity contribution in [1.29, 1.82) is 0 Å². The molecule has 3 unspecified atom stereocenters. The first-order chi connectivity index (χ1) is 13.6. The van der Waals surface area contributed by atoms with Crippen molar-refractivity contribution in [3.63, 3.8) is 0 Å². The predicted molar refractivity (Wildman–Crippen MR) is 98.2 cm³/mol. The number of hydrogen-bond acceptors (Lipinski definition) is 7. The minimum atomic E-state index is -0.617. The molecule has 3 fully saturated rings. The van der Waals surface area contributed by atoms with Crippen molar-refractivity contribution in [2.24, 2.45) is 0 Å². The van der Waals surface area contributed by atoms with Crippen LogP contribution in [0.3, 0.4) is 0 Å². The van der Waals surface area contributed by atoms with Crippen molar-refractivity contribution in [1.82, 2.24) is 0 Å². The third-order valence-corrected chi connectivity index (χ3v) is 5.42. The molecule has 154 valence electrons. The number of fused-ring (bicyclic) bond motifs is 2. The maximum Gasteiger partial charge on any atom is 0.314 e. The third-order valence-electron chi connectivity index (χ3n) is 5.42. The van der Waals surface area contributed by atoms with E-state index in [-0.39, 0.29) is 36.5 Å². The van der Waals surface area contributed by atoms with Gasteiger partial charge in [0.1, 0.15) is 0 Å². The lowest BCUT2D eigenvalue weighted by atomic mass is 10.2. The number of hydrogen-bond donors (Lipinski definition) is 0. The summed E-state index contributed by atoms with van der Waals surface area (Å²) < 4.78 is 36.9. The van der Waals surface area contributed by atoms with Crippen molar-refractivity contribution >= 4 is 11.4 Å². The van der Waals surface area contributed by atoms with E-state index in [1.165, 1.54) is 6.07 Å². The number of morpholine rings is 1. The van der Waals surface area contributed by atoms with Gasteiger partial charge >= 0.3 is 5.69 Å². The maximum absolute atomic E-state index is 14.5. The van der Waals surface area contributed by atoms with Crippen LogP contribution in [-0.4, -0.2) is 56.3 Å². The van der Waals surface area contributed by atoms with E-state index >= 15 is 0 Å². The summed E-state index contributed by atoms with van der Waals surface area (Å²) in [7, 11) is 0. The molecule has 0 aromatic heterocycles. The SMILES string of the molecule is O=[N+]([O-])c1cc(F)c(N2CC3CC2CO3)cc1OCCCOC1CCCCO1. The summed E-state index contributed by atoms with van der Waals surface area (Å²) in [6.07, 6.45) is 4.38. The number of nitrogens with zero attached hydrogens (tertiary/aromatic N) is 2. The Morgan fingerprint density at radius 3 is 2.86 bits per heavy atom. The van der Waals surface area contributed by atoms with Crippen molar-refractivity contribution in [3.8, 4) is 5.75 Å². The predicted octanol–water partition coefficient (Wildman–Crippen LogP) is 3.02. The molecule has 4 rings (SSSR count). The fraction of sp³-hybridized carbons (Fsp3) is 0.684. The van der Waals surface area contributed by atoms with Crippen LogP contribution in [0.2, 0.25) is 0 Å². The number of halogens is 1. The average Bonchev–Trinajstić information content (AvgIpc) is 3.32. The lowest BCUT2D eigenvalue weighted by Crippen LogP contribution is -2.37. The van der Waals surface area contributed by atoms with Crippen LogP contribution in [0.1, 0.15) is 32.1 Å². The van der Waals surface area contributed by atoms with Gasteiger partial charge < -0.3 is 23.8 Å². The van der Waals surface area contributed by atoms with Gasteiger partial charge in [-0.25, -0.2) is 4.39 Å². The van der Waals surface area contributed by atoms with Crippen LogP contribution in [0, 0.1) is 15.9 Å². The second-order valence-electron chi connectivity index (χ2n) is 7.39. The first-order valence-corrected chi connectivity index (χ1v) is 9.84. The minimum absolute atomic E-state index is 0.0824. The van der Waals surface area contributed by atoms with Crippen molar-refractivity contribution in [2.75, 3.05) is 37.9 Å². The lowest BCUT2D eigenvalue weighted by molar-refractivity contribution is -0.386. The van der Waals surface area contributed by atoms with Gasteiger partial charge in [-0.2, -0.15) is 0 Å². The Labute approximate surface area is 162 Å². The molecular formula is C19H25FN2O6. The summed E-state index contributed by atoms with van der Waals surface area (Å²) >= 11 is 0. The van der Waals surface area contributed by atoms with Gasteiger partial charge in [-0.3, -0.25) is 10.1 Å². The largest absolute Gasteiger partial charge is 0.487 e. The molecule has 0 radical (unpaired) electrons. The van der Waals surface area contributed by atoms with Crippen LogP contribution in [0.15, 0.2) is 12.1 Å². The van der Waals surface area contributed by atoms with E-state index in [0.29, 0.717) is 31.9 Å². The molecule has 28 heavy (non-hydrogen) atoms. The zero-order valence-corrected chi connectivity index (χ0v) is 15.7. The highest BCUT2D eigenvalue weighted by atomic mass is 19.1. The molecule has 1 aromatic carbocycles. The number of benzene rings is 1. The molecule has 3 saturated heterocycles. The van der Waals surface area contributed by atoms with E-state index in [1.807, 2.05) is 4.90 Å². The monoisotopic (exact) mass is 396 g/mol. The molecule has 3 atom stereocenters. The smallest absolute Gasteiger partial charge is 0.314 e. The van der Waals surface area contributed by atoms with E-state index in [2.05, 4.69) is 0 Å². The second-order valence-corrected chi connectivity index (χ2v) is 7.39. The van der Waals surface area contributed by atoms with Crippen LogP contribution >= 0.6 is 0 Å². The zero-order valence-electron chi connectivity index (χ0n) is 15.7. The third kappa shape index (κ3) is 4.21. The van der Waals surface area contributed by atoms with Gasteiger partial charge in [0, 0.05) is 25.6 Å². The molecule has 3 aliphatic rings. The summed E-state index contributed by atoms with van der Waals surface area (Å²) in [6.45, 7) is 2.55. The molecule has 3 aliphatic heterocycles. The Morgan fingerprint density at radius 2 is 2.18 bits per heavy atom. The van der Waals surface area contributed by atoms with Crippen molar-refractivity contribution < 1.29 is 28.3 Å². The van der Waals surface area contributed by atoms with Crippen LogP contribution in [0.4, 0.5) is 15.8 Å². The average molecular weight is 396 g/mol. The standard InChI is InChI=1S/C19H25FN2O6/c20-15-9-17(22(23)24)18(10-16(15)21-11-14-8-13(21)12-28-14)25-6-3-7-27-19-4-1-2-5-26-19/h9-10,13-14,19H,1-8,11-12H2. The Hall–Kier alpha value is -1.97. The first-order valence-electron chi connectivity index (χ1n) is 9.84. The maximum atomic E-state index is 14.5. The Morgan fingerprint density at radius 1 is 1.29 bits per heavy atom. The number of ether oxygens (including phenoxy) is 4. The number of rotatable bonds is 8. The first kappa shape index (κ1) is 19.4. The highest BCUT2D eigenvalue weighted by Gasteiger charge is 2.40. The van der Waals surface area contributed by atoms with Crippen LogP contribution in [0.25, 0.3) is 0 Å². The van der Waals surface area contributed by atoms with Gasteiger partial charge in [-0.1, -0.05) is 0 Å². The van der Waals surface area contributed by atoms with E-state index in [0.717, 1.165) is 38.4 Å². The van der Waals surface area contributed by atoms with Gasteiger partial charge in [0.05, 0.1) is 48.6 Å². The molecule has 9 heteroatoms. The lowest BCUT2D eigenvalue weighted by Gasteiger charge is -2.29. The molecule has 2 bridgehead atoms. The molecule has 1 aromatic rings. The van der Waals surface area contributed by atoms with Crippen LogP contribution < -0.4 is 9.64 Å². The Balaban J connectivity index is 1.37. The van der Waals surface area contributed by atoms with Gasteiger partial charge in [0.15, 0.2) is 17.9 Å². The summed E-state index contributed by atoms with van der Waals surface area (Å²) in [5.41, 5.74) is -0.0263.